The quantitative estimate of drug-likeness (QED) is 0.506. The van der Waals surface area contributed by atoms with Gasteiger partial charge in [-0.3, -0.25) is 0 Å². The number of nitrogens with zero attached hydrogens (tertiary/aromatic N) is 4. The predicted octanol–water partition coefficient (Wildman–Crippen LogP) is 4.72. The molecular weight excluding hydrogens is 421 g/mol. The van der Waals surface area contributed by atoms with E-state index < -0.39 is 11.9 Å². The Hall–Kier alpha value is -3.27. The van der Waals surface area contributed by atoms with Crippen molar-refractivity contribution in [2.24, 2.45) is 0 Å². The molecule has 1 fully saturated rings. The van der Waals surface area contributed by atoms with E-state index in [4.69, 9.17) is 0 Å². The van der Waals surface area contributed by atoms with Crippen molar-refractivity contribution in [3.63, 3.8) is 0 Å². The van der Waals surface area contributed by atoms with E-state index >= 15 is 0 Å². The van der Waals surface area contributed by atoms with Gasteiger partial charge in [0.1, 0.15) is 5.69 Å². The van der Waals surface area contributed by atoms with Gasteiger partial charge in [-0.15, -0.1) is 0 Å². The van der Waals surface area contributed by atoms with Crippen molar-refractivity contribution < 1.29 is 18.3 Å². The van der Waals surface area contributed by atoms with E-state index in [2.05, 4.69) is 30.6 Å². The highest BCUT2D eigenvalue weighted by Gasteiger charge is 2.34. The Bertz CT molecular complexity index is 1080. The minimum absolute atomic E-state index is 0.0304. The summed E-state index contributed by atoms with van der Waals surface area (Å²) in [7, 11) is 0. The summed E-state index contributed by atoms with van der Waals surface area (Å²) in [6.45, 7) is 1.91. The van der Waals surface area contributed by atoms with Gasteiger partial charge in [-0.25, -0.2) is 19.9 Å². The zero-order chi connectivity index (χ0) is 22.8. The Balaban J connectivity index is 1.54. The van der Waals surface area contributed by atoms with Gasteiger partial charge in [-0.05, 0) is 49.1 Å². The van der Waals surface area contributed by atoms with Gasteiger partial charge < -0.3 is 15.7 Å². The van der Waals surface area contributed by atoms with Crippen molar-refractivity contribution in [1.82, 2.24) is 19.9 Å². The summed E-state index contributed by atoms with van der Waals surface area (Å²) in [4.78, 5) is 16.2. The molecular formula is C22H23F3N6O. The summed E-state index contributed by atoms with van der Waals surface area (Å²) in [6, 6.07) is 6.31. The summed E-state index contributed by atoms with van der Waals surface area (Å²) in [5.41, 5.74) is 1.60. The van der Waals surface area contributed by atoms with E-state index in [0.717, 1.165) is 54.6 Å². The average Bonchev–Trinajstić information content (AvgIpc) is 3.22. The molecule has 32 heavy (non-hydrogen) atoms. The van der Waals surface area contributed by atoms with Crippen LogP contribution >= 0.6 is 0 Å². The largest absolute Gasteiger partial charge is 0.433 e. The highest BCUT2D eigenvalue weighted by atomic mass is 19.4. The molecule has 0 aliphatic heterocycles. The fraction of sp³-hybridized carbons (Fsp3) is 0.364. The molecule has 0 amide bonds. The topological polar surface area (TPSA) is 95.9 Å². The van der Waals surface area contributed by atoms with Crippen molar-refractivity contribution >= 4 is 17.6 Å². The Morgan fingerprint density at radius 1 is 1.00 bits per heavy atom. The van der Waals surface area contributed by atoms with Crippen LogP contribution in [0, 0.1) is 6.92 Å². The minimum Gasteiger partial charge on any atom is -0.394 e. The summed E-state index contributed by atoms with van der Waals surface area (Å²) in [6.07, 6.45) is 3.73. The lowest BCUT2D eigenvalue weighted by Crippen LogP contribution is -2.39. The first-order valence-electron chi connectivity index (χ1n) is 10.3. The maximum absolute atomic E-state index is 12.9. The van der Waals surface area contributed by atoms with E-state index in [9.17, 15) is 18.3 Å². The molecule has 0 saturated heterocycles. The van der Waals surface area contributed by atoms with E-state index in [1.807, 2.05) is 13.0 Å². The van der Waals surface area contributed by atoms with Crippen molar-refractivity contribution in [2.45, 2.75) is 44.3 Å². The van der Waals surface area contributed by atoms with Gasteiger partial charge in [0.25, 0.3) is 0 Å². The first-order chi connectivity index (χ1) is 15.3. The highest BCUT2D eigenvalue weighted by Crippen LogP contribution is 2.32. The number of aliphatic hydroxyl groups is 1. The normalized spacial score (nSPS) is 15.5. The smallest absolute Gasteiger partial charge is 0.394 e. The molecule has 0 atom stereocenters. The summed E-state index contributed by atoms with van der Waals surface area (Å²) < 4.78 is 38.7. The first kappa shape index (κ1) is 21.9. The number of benzene rings is 1. The standard InChI is InChI=1S/C22H23F3N6O/c1-14-8-15(10-17(9-14)29-20-26-7-4-18(30-20)22(23,24)25)16-11-27-19(28-12-16)31-21(13-32)5-2-3-6-21/h4,7-12,32H,2-3,5-6,13H2,1H3,(H,26,29,30)(H,27,28,31). The Kier molecular flexibility index (Phi) is 5.96. The molecule has 0 bridgehead atoms. The van der Waals surface area contributed by atoms with Crippen LogP contribution in [0.2, 0.25) is 0 Å². The lowest BCUT2D eigenvalue weighted by Gasteiger charge is -2.27. The lowest BCUT2D eigenvalue weighted by molar-refractivity contribution is -0.141. The number of rotatable bonds is 6. The Morgan fingerprint density at radius 2 is 1.72 bits per heavy atom. The molecule has 0 spiro atoms. The van der Waals surface area contributed by atoms with Crippen LogP contribution in [-0.2, 0) is 6.18 Å². The Labute approximate surface area is 183 Å². The number of anilines is 3. The van der Waals surface area contributed by atoms with Gasteiger partial charge in [0.2, 0.25) is 11.9 Å². The molecule has 7 nitrogen and oxygen atoms in total. The maximum Gasteiger partial charge on any atom is 0.433 e. The van der Waals surface area contributed by atoms with E-state index in [0.29, 0.717) is 11.6 Å². The van der Waals surface area contributed by atoms with Crippen molar-refractivity contribution in [1.29, 1.82) is 0 Å². The van der Waals surface area contributed by atoms with Gasteiger partial charge in [0.15, 0.2) is 0 Å². The average molecular weight is 444 g/mol. The maximum atomic E-state index is 12.9. The van der Waals surface area contributed by atoms with Crippen LogP contribution in [-0.4, -0.2) is 37.2 Å². The van der Waals surface area contributed by atoms with Crippen LogP contribution in [0.4, 0.5) is 30.8 Å². The number of hydrogen-bond acceptors (Lipinski definition) is 7. The van der Waals surface area contributed by atoms with Crippen LogP contribution in [0.15, 0.2) is 42.9 Å². The number of hydrogen-bond donors (Lipinski definition) is 3. The molecule has 0 unspecified atom stereocenters. The van der Waals surface area contributed by atoms with Gasteiger partial charge in [-0.2, -0.15) is 13.2 Å². The number of aryl methyl sites for hydroxylation is 1. The zero-order valence-corrected chi connectivity index (χ0v) is 17.4. The Morgan fingerprint density at radius 3 is 2.38 bits per heavy atom. The summed E-state index contributed by atoms with van der Waals surface area (Å²) in [5, 5.41) is 15.9. The van der Waals surface area contributed by atoms with Gasteiger partial charge in [0.05, 0.1) is 12.1 Å². The summed E-state index contributed by atoms with van der Waals surface area (Å²) >= 11 is 0. The zero-order valence-electron chi connectivity index (χ0n) is 17.4. The van der Waals surface area contributed by atoms with Crippen molar-refractivity contribution in [2.75, 3.05) is 17.2 Å². The predicted molar refractivity (Wildman–Crippen MR) is 114 cm³/mol. The number of aliphatic hydroxyl groups excluding tert-OH is 1. The molecule has 4 rings (SSSR count). The molecule has 2 heterocycles. The number of nitrogens with one attached hydrogen (secondary N) is 2. The molecule has 1 aromatic carbocycles. The molecule has 2 aromatic heterocycles. The molecule has 1 aliphatic carbocycles. The molecule has 168 valence electrons. The second-order valence-electron chi connectivity index (χ2n) is 8.04. The fourth-order valence-electron chi connectivity index (χ4n) is 3.88. The number of halogens is 3. The number of alkyl halides is 3. The van der Waals surface area contributed by atoms with Crippen LogP contribution in [0.3, 0.4) is 0 Å². The molecule has 3 N–H and O–H groups in total. The molecule has 0 radical (unpaired) electrons. The third kappa shape index (κ3) is 4.96. The molecule has 3 aromatic rings. The van der Waals surface area contributed by atoms with Gasteiger partial charge in [-0.1, -0.05) is 18.9 Å². The summed E-state index contributed by atoms with van der Waals surface area (Å²) in [5.74, 6) is 0.311. The van der Waals surface area contributed by atoms with Gasteiger partial charge >= 0.3 is 6.18 Å². The molecule has 1 saturated carbocycles. The minimum atomic E-state index is -4.54. The van der Waals surface area contributed by atoms with E-state index in [1.54, 1.807) is 24.5 Å². The third-order valence-corrected chi connectivity index (χ3v) is 5.50. The van der Waals surface area contributed by atoms with Crippen LogP contribution in [0.25, 0.3) is 11.1 Å². The molecule has 1 aliphatic rings. The second-order valence-corrected chi connectivity index (χ2v) is 8.04. The van der Waals surface area contributed by atoms with Crippen LogP contribution < -0.4 is 10.6 Å². The van der Waals surface area contributed by atoms with E-state index in [-0.39, 0.29) is 18.1 Å². The SMILES string of the molecule is Cc1cc(Nc2nccc(C(F)(F)F)n2)cc(-c2cnc(NC3(CO)CCCC3)nc2)c1. The van der Waals surface area contributed by atoms with Crippen molar-refractivity contribution in [3.8, 4) is 11.1 Å². The van der Waals surface area contributed by atoms with E-state index in [1.165, 1.54) is 0 Å². The number of aromatic nitrogens is 4. The lowest BCUT2D eigenvalue weighted by atomic mass is 9.99. The van der Waals surface area contributed by atoms with Crippen LogP contribution in [0.5, 0.6) is 0 Å². The highest BCUT2D eigenvalue weighted by molar-refractivity contribution is 5.70. The van der Waals surface area contributed by atoms with Crippen LogP contribution in [0.1, 0.15) is 36.9 Å². The van der Waals surface area contributed by atoms with Crippen molar-refractivity contribution in [3.05, 3.63) is 54.1 Å². The third-order valence-electron chi connectivity index (χ3n) is 5.50. The first-order valence-corrected chi connectivity index (χ1v) is 10.3. The van der Waals surface area contributed by atoms with Gasteiger partial charge in [0, 0.05) is 29.8 Å². The molecule has 10 heteroatoms. The monoisotopic (exact) mass is 444 g/mol. The second kappa shape index (κ2) is 8.70. The fourth-order valence-corrected chi connectivity index (χ4v) is 3.88.